The summed E-state index contributed by atoms with van der Waals surface area (Å²) in [7, 11) is 0. The quantitative estimate of drug-likeness (QED) is 0.694. The lowest BCUT2D eigenvalue weighted by Gasteiger charge is -2.14. The molecular formula is C14H25N3O2. The van der Waals surface area contributed by atoms with Gasteiger partial charge in [-0.15, -0.1) is 0 Å². The van der Waals surface area contributed by atoms with Crippen molar-refractivity contribution in [2.75, 3.05) is 19.8 Å². The Labute approximate surface area is 115 Å². The first-order valence-electron chi connectivity index (χ1n) is 6.95. The van der Waals surface area contributed by atoms with Crippen molar-refractivity contribution in [3.63, 3.8) is 0 Å². The second-order valence-electron chi connectivity index (χ2n) is 4.53. The lowest BCUT2D eigenvalue weighted by atomic mass is 10.2. The third kappa shape index (κ3) is 5.98. The molecule has 1 atom stereocenters. The van der Waals surface area contributed by atoms with Gasteiger partial charge in [-0.25, -0.2) is 9.97 Å². The fourth-order valence-corrected chi connectivity index (χ4v) is 1.60. The predicted octanol–water partition coefficient (Wildman–Crippen LogP) is 2.09. The van der Waals surface area contributed by atoms with E-state index in [9.17, 15) is 0 Å². The number of ether oxygens (including phenoxy) is 2. The molecule has 0 spiro atoms. The van der Waals surface area contributed by atoms with Crippen LogP contribution in [0.15, 0.2) is 6.20 Å². The first-order chi connectivity index (χ1) is 9.17. The van der Waals surface area contributed by atoms with E-state index in [1.54, 1.807) is 0 Å². The maximum absolute atomic E-state index is 5.61. The van der Waals surface area contributed by atoms with Crippen molar-refractivity contribution in [2.24, 2.45) is 0 Å². The Balaban J connectivity index is 2.51. The number of aromatic nitrogens is 2. The fourth-order valence-electron chi connectivity index (χ4n) is 1.60. The molecule has 0 saturated carbocycles. The minimum absolute atomic E-state index is 0.0385. The summed E-state index contributed by atoms with van der Waals surface area (Å²) in [5, 5.41) is 3.34. The zero-order valence-corrected chi connectivity index (χ0v) is 12.4. The number of nitrogens with zero attached hydrogens (tertiary/aromatic N) is 2. The molecule has 0 amide bonds. The molecule has 0 fully saturated rings. The van der Waals surface area contributed by atoms with Crippen LogP contribution in [0.3, 0.4) is 0 Å². The van der Waals surface area contributed by atoms with Gasteiger partial charge in [0.2, 0.25) is 0 Å². The summed E-state index contributed by atoms with van der Waals surface area (Å²) in [6, 6.07) is 0.420. The van der Waals surface area contributed by atoms with Crippen molar-refractivity contribution in [1.82, 2.24) is 15.3 Å². The maximum Gasteiger partial charge on any atom is 0.316 e. The Hall–Kier alpha value is -1.20. The van der Waals surface area contributed by atoms with E-state index >= 15 is 0 Å². The van der Waals surface area contributed by atoms with Crippen molar-refractivity contribution in [3.8, 4) is 6.01 Å². The van der Waals surface area contributed by atoms with Gasteiger partial charge in [-0.1, -0.05) is 6.92 Å². The van der Waals surface area contributed by atoms with E-state index in [2.05, 4.69) is 22.2 Å². The first-order valence-corrected chi connectivity index (χ1v) is 6.95. The van der Waals surface area contributed by atoms with Gasteiger partial charge in [0.15, 0.2) is 0 Å². The van der Waals surface area contributed by atoms with Gasteiger partial charge in [0.1, 0.15) is 6.10 Å². The first kappa shape index (κ1) is 15.9. The van der Waals surface area contributed by atoms with Crippen LogP contribution >= 0.6 is 0 Å². The SMILES string of the molecule is CCCNCc1cnc(OC(C)COCC)nc1C. The lowest BCUT2D eigenvalue weighted by molar-refractivity contribution is 0.0606. The Morgan fingerprint density at radius 1 is 1.37 bits per heavy atom. The molecule has 1 aromatic rings. The van der Waals surface area contributed by atoms with Crippen LogP contribution in [0.2, 0.25) is 0 Å². The van der Waals surface area contributed by atoms with Gasteiger partial charge in [0, 0.05) is 30.6 Å². The number of hydrogen-bond acceptors (Lipinski definition) is 5. The van der Waals surface area contributed by atoms with E-state index in [1.807, 2.05) is 27.0 Å². The van der Waals surface area contributed by atoms with Gasteiger partial charge in [-0.2, -0.15) is 0 Å². The van der Waals surface area contributed by atoms with E-state index in [0.717, 1.165) is 30.8 Å². The lowest BCUT2D eigenvalue weighted by Crippen LogP contribution is -2.21. The van der Waals surface area contributed by atoms with Crippen LogP contribution < -0.4 is 10.1 Å². The Morgan fingerprint density at radius 2 is 2.16 bits per heavy atom. The molecule has 108 valence electrons. The number of nitrogens with one attached hydrogen (secondary N) is 1. The zero-order valence-electron chi connectivity index (χ0n) is 12.4. The van der Waals surface area contributed by atoms with E-state index in [4.69, 9.17) is 9.47 Å². The summed E-state index contributed by atoms with van der Waals surface area (Å²) in [5.74, 6) is 0. The molecule has 0 saturated heterocycles. The van der Waals surface area contributed by atoms with E-state index in [0.29, 0.717) is 19.2 Å². The molecule has 1 rings (SSSR count). The molecular weight excluding hydrogens is 242 g/mol. The Kier molecular flexibility index (Phi) is 7.36. The zero-order chi connectivity index (χ0) is 14.1. The minimum atomic E-state index is -0.0385. The fraction of sp³-hybridized carbons (Fsp3) is 0.714. The Morgan fingerprint density at radius 3 is 2.79 bits per heavy atom. The van der Waals surface area contributed by atoms with Crippen LogP contribution in [-0.4, -0.2) is 35.8 Å². The van der Waals surface area contributed by atoms with Gasteiger partial charge in [-0.3, -0.25) is 0 Å². The highest BCUT2D eigenvalue weighted by molar-refractivity contribution is 5.17. The molecule has 1 N–H and O–H groups in total. The van der Waals surface area contributed by atoms with Crippen LogP contribution in [0.25, 0.3) is 0 Å². The largest absolute Gasteiger partial charge is 0.458 e. The summed E-state index contributed by atoms with van der Waals surface area (Å²) >= 11 is 0. The summed E-state index contributed by atoms with van der Waals surface area (Å²) in [4.78, 5) is 8.61. The third-order valence-electron chi connectivity index (χ3n) is 2.66. The monoisotopic (exact) mass is 267 g/mol. The number of hydrogen-bond donors (Lipinski definition) is 1. The van der Waals surface area contributed by atoms with Crippen LogP contribution in [0.1, 0.15) is 38.4 Å². The maximum atomic E-state index is 5.61. The van der Waals surface area contributed by atoms with Gasteiger partial charge in [0.05, 0.1) is 6.61 Å². The molecule has 5 nitrogen and oxygen atoms in total. The van der Waals surface area contributed by atoms with Crippen LogP contribution in [0.5, 0.6) is 6.01 Å². The summed E-state index contributed by atoms with van der Waals surface area (Å²) in [5.41, 5.74) is 2.07. The topological polar surface area (TPSA) is 56.3 Å². The molecule has 19 heavy (non-hydrogen) atoms. The predicted molar refractivity (Wildman–Crippen MR) is 75.3 cm³/mol. The standard InChI is InChI=1S/C14H25N3O2/c1-5-7-15-8-13-9-16-14(17-12(13)4)19-11(3)10-18-6-2/h9,11,15H,5-8,10H2,1-4H3. The van der Waals surface area contributed by atoms with Gasteiger partial charge >= 0.3 is 6.01 Å². The highest BCUT2D eigenvalue weighted by Gasteiger charge is 2.08. The molecule has 5 heteroatoms. The van der Waals surface area contributed by atoms with E-state index in [1.165, 1.54) is 0 Å². The second-order valence-corrected chi connectivity index (χ2v) is 4.53. The normalized spacial score (nSPS) is 12.4. The van der Waals surface area contributed by atoms with Gasteiger partial charge in [0.25, 0.3) is 0 Å². The molecule has 0 aliphatic rings. The average molecular weight is 267 g/mol. The van der Waals surface area contributed by atoms with Crippen molar-refractivity contribution in [2.45, 2.75) is 46.8 Å². The van der Waals surface area contributed by atoms with Crippen molar-refractivity contribution >= 4 is 0 Å². The number of rotatable bonds is 9. The van der Waals surface area contributed by atoms with Crippen molar-refractivity contribution < 1.29 is 9.47 Å². The molecule has 0 aromatic carbocycles. The molecule has 1 aromatic heterocycles. The molecule has 1 heterocycles. The summed E-state index contributed by atoms with van der Waals surface area (Å²) in [6.07, 6.45) is 2.91. The minimum Gasteiger partial charge on any atom is -0.458 e. The Bertz CT molecular complexity index is 372. The smallest absolute Gasteiger partial charge is 0.316 e. The second kappa shape index (κ2) is 8.82. The highest BCUT2D eigenvalue weighted by atomic mass is 16.5. The highest BCUT2D eigenvalue weighted by Crippen LogP contribution is 2.10. The summed E-state index contributed by atoms with van der Waals surface area (Å²) in [6.45, 7) is 11.1. The third-order valence-corrected chi connectivity index (χ3v) is 2.66. The van der Waals surface area contributed by atoms with E-state index < -0.39 is 0 Å². The van der Waals surface area contributed by atoms with Gasteiger partial charge in [-0.05, 0) is 33.7 Å². The molecule has 0 bridgehead atoms. The van der Waals surface area contributed by atoms with Crippen LogP contribution in [-0.2, 0) is 11.3 Å². The van der Waals surface area contributed by atoms with Crippen molar-refractivity contribution in [1.29, 1.82) is 0 Å². The van der Waals surface area contributed by atoms with Gasteiger partial charge < -0.3 is 14.8 Å². The average Bonchev–Trinajstić information content (AvgIpc) is 2.39. The molecule has 0 aliphatic carbocycles. The molecule has 0 aliphatic heterocycles. The number of aryl methyl sites for hydroxylation is 1. The van der Waals surface area contributed by atoms with Crippen molar-refractivity contribution in [3.05, 3.63) is 17.5 Å². The molecule has 0 radical (unpaired) electrons. The van der Waals surface area contributed by atoms with Crippen LogP contribution in [0, 0.1) is 6.92 Å². The van der Waals surface area contributed by atoms with E-state index in [-0.39, 0.29) is 6.10 Å². The van der Waals surface area contributed by atoms with Crippen LogP contribution in [0.4, 0.5) is 0 Å². The summed E-state index contributed by atoms with van der Waals surface area (Å²) < 4.78 is 10.9. The molecule has 1 unspecified atom stereocenters.